The van der Waals surface area contributed by atoms with Gasteiger partial charge < -0.3 is 10.2 Å². The van der Waals surface area contributed by atoms with Crippen molar-refractivity contribution < 1.29 is 4.42 Å². The van der Waals surface area contributed by atoms with E-state index < -0.39 is 0 Å². The van der Waals surface area contributed by atoms with Crippen LogP contribution in [0.5, 0.6) is 0 Å². The third-order valence-corrected chi connectivity index (χ3v) is 3.92. The lowest BCUT2D eigenvalue weighted by molar-refractivity contribution is 0.619. The van der Waals surface area contributed by atoms with E-state index in [0.29, 0.717) is 22.7 Å². The van der Waals surface area contributed by atoms with Crippen LogP contribution < -0.4 is 5.73 Å². The largest absolute Gasteiger partial charge is 0.436 e. The van der Waals surface area contributed by atoms with Gasteiger partial charge in [-0.1, -0.05) is 18.2 Å². The normalized spacial score (nSPS) is 11.0. The molecule has 1 heterocycles. The van der Waals surface area contributed by atoms with Gasteiger partial charge in [0.25, 0.3) is 0 Å². The molecule has 3 aromatic rings. The van der Waals surface area contributed by atoms with Crippen LogP contribution in [0.3, 0.4) is 0 Å². The molecule has 0 amide bonds. The summed E-state index contributed by atoms with van der Waals surface area (Å²) < 4.78 is 6.75. The first-order valence-electron chi connectivity index (χ1n) is 5.57. The van der Waals surface area contributed by atoms with E-state index in [1.54, 1.807) is 0 Å². The number of rotatable bonds is 1. The molecule has 3 rings (SSSR count). The lowest BCUT2D eigenvalue weighted by atomic mass is 10.1. The van der Waals surface area contributed by atoms with Crippen molar-refractivity contribution in [3.8, 4) is 11.5 Å². The Morgan fingerprint density at radius 3 is 2.72 bits per heavy atom. The quantitative estimate of drug-likeness (QED) is 0.687. The lowest BCUT2D eigenvalue weighted by Crippen LogP contribution is -1.86. The molecule has 0 atom stereocenters. The molecule has 2 aromatic carbocycles. The Hall–Kier alpha value is -1.81. The van der Waals surface area contributed by atoms with Gasteiger partial charge in [-0.2, -0.15) is 0 Å². The molecule has 0 aliphatic rings. The van der Waals surface area contributed by atoms with Crippen LogP contribution in [-0.4, -0.2) is 4.98 Å². The highest BCUT2D eigenvalue weighted by Crippen LogP contribution is 2.33. The molecule has 0 radical (unpaired) electrons. The van der Waals surface area contributed by atoms with Crippen LogP contribution in [0.1, 0.15) is 5.56 Å². The summed E-state index contributed by atoms with van der Waals surface area (Å²) in [6.07, 6.45) is 0. The lowest BCUT2D eigenvalue weighted by Gasteiger charge is -2.02. The van der Waals surface area contributed by atoms with E-state index in [1.165, 1.54) is 0 Å². The Kier molecular flexibility index (Phi) is 2.59. The zero-order chi connectivity index (χ0) is 12.7. The van der Waals surface area contributed by atoms with Gasteiger partial charge in [0, 0.05) is 4.47 Å². The van der Waals surface area contributed by atoms with Gasteiger partial charge >= 0.3 is 0 Å². The maximum Gasteiger partial charge on any atom is 0.228 e. The van der Waals surface area contributed by atoms with Crippen molar-refractivity contribution in [1.29, 1.82) is 0 Å². The zero-order valence-corrected chi connectivity index (χ0v) is 11.4. The third kappa shape index (κ3) is 1.69. The fourth-order valence-corrected chi connectivity index (χ4v) is 2.33. The van der Waals surface area contributed by atoms with Gasteiger partial charge in [0.1, 0.15) is 5.52 Å². The Labute approximate surface area is 113 Å². The van der Waals surface area contributed by atoms with E-state index in [9.17, 15) is 0 Å². The molecule has 3 nitrogen and oxygen atoms in total. The van der Waals surface area contributed by atoms with E-state index in [4.69, 9.17) is 10.2 Å². The van der Waals surface area contributed by atoms with Crippen molar-refractivity contribution in [2.45, 2.75) is 6.92 Å². The topological polar surface area (TPSA) is 52.0 Å². The number of aryl methyl sites for hydroxylation is 1. The number of nitrogens with zero attached hydrogens (tertiary/aromatic N) is 1. The van der Waals surface area contributed by atoms with Crippen molar-refractivity contribution in [3.05, 3.63) is 46.4 Å². The van der Waals surface area contributed by atoms with Gasteiger partial charge in [-0.05, 0) is 46.6 Å². The predicted octanol–water partition coefficient (Wildman–Crippen LogP) is 4.15. The number of fused-ring (bicyclic) bond motifs is 1. The number of aromatic nitrogens is 1. The van der Waals surface area contributed by atoms with Gasteiger partial charge in [-0.25, -0.2) is 4.98 Å². The van der Waals surface area contributed by atoms with E-state index >= 15 is 0 Å². The summed E-state index contributed by atoms with van der Waals surface area (Å²) in [5.41, 5.74) is 10.0. The maximum atomic E-state index is 5.88. The van der Waals surface area contributed by atoms with E-state index in [-0.39, 0.29) is 0 Å². The Bertz CT molecular complexity index is 734. The summed E-state index contributed by atoms with van der Waals surface area (Å²) in [6.45, 7) is 2.03. The predicted molar refractivity (Wildman–Crippen MR) is 76.3 cm³/mol. The number of oxazole rings is 1. The standard InChI is InChI=1S/C14H11BrN2O/c1-8-4-2-5-9(12(8)15)14-17-13-10(16)6-3-7-11(13)18-14/h2-7H,16H2,1H3. The number of para-hydroxylation sites is 1. The van der Waals surface area contributed by atoms with Gasteiger partial charge in [0.15, 0.2) is 5.58 Å². The minimum absolute atomic E-state index is 0.582. The highest BCUT2D eigenvalue weighted by molar-refractivity contribution is 9.10. The average molecular weight is 303 g/mol. The Morgan fingerprint density at radius 2 is 1.94 bits per heavy atom. The summed E-state index contributed by atoms with van der Waals surface area (Å²) in [5.74, 6) is 0.582. The fraction of sp³-hybridized carbons (Fsp3) is 0.0714. The summed E-state index contributed by atoms with van der Waals surface area (Å²) in [5, 5.41) is 0. The molecule has 2 N–H and O–H groups in total. The maximum absolute atomic E-state index is 5.88. The SMILES string of the molecule is Cc1cccc(-c2nc3c(N)cccc3o2)c1Br. The Balaban J connectivity index is 2.26. The minimum Gasteiger partial charge on any atom is -0.436 e. The van der Waals surface area contributed by atoms with Crippen molar-refractivity contribution in [2.24, 2.45) is 0 Å². The van der Waals surface area contributed by atoms with Crippen LogP contribution in [-0.2, 0) is 0 Å². The number of halogens is 1. The molecule has 0 unspecified atom stereocenters. The third-order valence-electron chi connectivity index (χ3n) is 2.87. The molecule has 0 aliphatic heterocycles. The van der Waals surface area contributed by atoms with Crippen molar-refractivity contribution in [2.75, 3.05) is 5.73 Å². The highest BCUT2D eigenvalue weighted by Gasteiger charge is 2.13. The number of nitrogen functional groups attached to an aromatic ring is 1. The number of hydrogen-bond donors (Lipinski definition) is 1. The van der Waals surface area contributed by atoms with Crippen LogP contribution in [0.25, 0.3) is 22.6 Å². The van der Waals surface area contributed by atoms with Gasteiger partial charge in [-0.3, -0.25) is 0 Å². The summed E-state index contributed by atoms with van der Waals surface area (Å²) in [7, 11) is 0. The van der Waals surface area contributed by atoms with Crippen LogP contribution >= 0.6 is 15.9 Å². The first-order valence-corrected chi connectivity index (χ1v) is 6.36. The van der Waals surface area contributed by atoms with Crippen LogP contribution in [0.4, 0.5) is 5.69 Å². The molecule has 0 bridgehead atoms. The summed E-state index contributed by atoms with van der Waals surface area (Å²) >= 11 is 3.56. The summed E-state index contributed by atoms with van der Waals surface area (Å²) in [6, 6.07) is 11.5. The van der Waals surface area contributed by atoms with E-state index in [2.05, 4.69) is 20.9 Å². The van der Waals surface area contributed by atoms with E-state index in [0.717, 1.165) is 15.6 Å². The second-order valence-electron chi connectivity index (χ2n) is 4.15. The molecular formula is C14H11BrN2O. The van der Waals surface area contributed by atoms with E-state index in [1.807, 2.05) is 43.3 Å². The van der Waals surface area contributed by atoms with Crippen molar-refractivity contribution in [1.82, 2.24) is 4.98 Å². The molecule has 1 aromatic heterocycles. The van der Waals surface area contributed by atoms with Gasteiger partial charge in [-0.15, -0.1) is 0 Å². The molecule has 18 heavy (non-hydrogen) atoms. The first kappa shape index (κ1) is 11.3. The molecule has 90 valence electrons. The number of anilines is 1. The van der Waals surface area contributed by atoms with Gasteiger partial charge in [0.2, 0.25) is 5.89 Å². The highest BCUT2D eigenvalue weighted by atomic mass is 79.9. The second-order valence-corrected chi connectivity index (χ2v) is 4.94. The molecule has 0 aliphatic carbocycles. The van der Waals surface area contributed by atoms with Crippen molar-refractivity contribution in [3.63, 3.8) is 0 Å². The molecular weight excluding hydrogens is 292 g/mol. The molecule has 0 saturated carbocycles. The zero-order valence-electron chi connectivity index (χ0n) is 9.77. The second kappa shape index (κ2) is 4.14. The molecule has 0 saturated heterocycles. The smallest absolute Gasteiger partial charge is 0.228 e. The monoisotopic (exact) mass is 302 g/mol. The Morgan fingerprint density at radius 1 is 1.17 bits per heavy atom. The number of nitrogens with two attached hydrogens (primary N) is 1. The van der Waals surface area contributed by atoms with Crippen LogP contribution in [0, 0.1) is 6.92 Å². The average Bonchev–Trinajstić information content (AvgIpc) is 2.78. The van der Waals surface area contributed by atoms with Crippen LogP contribution in [0.15, 0.2) is 45.3 Å². The summed E-state index contributed by atoms with van der Waals surface area (Å²) in [4.78, 5) is 4.46. The number of hydrogen-bond acceptors (Lipinski definition) is 3. The van der Waals surface area contributed by atoms with Gasteiger partial charge in [0.05, 0.1) is 11.3 Å². The molecule has 0 spiro atoms. The first-order chi connectivity index (χ1) is 8.66. The minimum atomic E-state index is 0.582. The molecule has 4 heteroatoms. The number of benzene rings is 2. The molecule has 0 fully saturated rings. The van der Waals surface area contributed by atoms with Crippen LogP contribution in [0.2, 0.25) is 0 Å². The fourth-order valence-electron chi connectivity index (χ4n) is 1.90. The van der Waals surface area contributed by atoms with Crippen molar-refractivity contribution >= 4 is 32.7 Å².